The van der Waals surface area contributed by atoms with Crippen LogP contribution in [0.2, 0.25) is 0 Å². The SMILES string of the molecule is CC1=C[C@H](O)C(Br)C(C)(C)[C@]12CCC(C)=C(Br)C2. The van der Waals surface area contributed by atoms with E-state index < -0.39 is 0 Å². The number of aliphatic hydroxyl groups excluding tert-OH is 1. The molecule has 1 nitrogen and oxygen atoms in total. The summed E-state index contributed by atoms with van der Waals surface area (Å²) >= 11 is 7.48. The summed E-state index contributed by atoms with van der Waals surface area (Å²) in [7, 11) is 0. The maximum absolute atomic E-state index is 10.2. The highest BCUT2D eigenvalue weighted by atomic mass is 79.9. The lowest BCUT2D eigenvalue weighted by Gasteiger charge is -2.56. The summed E-state index contributed by atoms with van der Waals surface area (Å²) in [5, 5.41) is 10.2. The third-order valence-corrected chi connectivity index (χ3v) is 7.89. The molecular formula is C15H22Br2O. The molecule has 2 aliphatic carbocycles. The summed E-state index contributed by atoms with van der Waals surface area (Å²) in [6, 6.07) is 0. The molecule has 1 spiro atoms. The van der Waals surface area contributed by atoms with Gasteiger partial charge in [0.25, 0.3) is 0 Å². The molecule has 0 fully saturated rings. The second-order valence-electron chi connectivity index (χ2n) is 6.41. The van der Waals surface area contributed by atoms with Crippen LogP contribution in [0.4, 0.5) is 0 Å². The van der Waals surface area contributed by atoms with Crippen molar-refractivity contribution in [3.63, 3.8) is 0 Å². The molecule has 2 rings (SSSR count). The van der Waals surface area contributed by atoms with Gasteiger partial charge < -0.3 is 5.11 Å². The summed E-state index contributed by atoms with van der Waals surface area (Å²) in [4.78, 5) is 0.118. The fourth-order valence-corrected chi connectivity index (χ4v) is 4.89. The van der Waals surface area contributed by atoms with Crippen molar-refractivity contribution in [2.45, 2.75) is 57.9 Å². The van der Waals surface area contributed by atoms with Crippen molar-refractivity contribution >= 4 is 31.9 Å². The summed E-state index contributed by atoms with van der Waals surface area (Å²) < 4.78 is 1.35. The summed E-state index contributed by atoms with van der Waals surface area (Å²) in [5.41, 5.74) is 3.03. The molecule has 0 aromatic carbocycles. The second kappa shape index (κ2) is 4.75. The molecule has 0 aliphatic heterocycles. The predicted octanol–water partition coefficient (Wildman–Crippen LogP) is 4.94. The highest BCUT2D eigenvalue weighted by molar-refractivity contribution is 9.11. The quantitative estimate of drug-likeness (QED) is 0.468. The molecule has 0 amide bonds. The fourth-order valence-electron chi connectivity index (χ4n) is 3.63. The number of rotatable bonds is 0. The summed E-state index contributed by atoms with van der Waals surface area (Å²) in [5.74, 6) is 0. The van der Waals surface area contributed by atoms with E-state index in [9.17, 15) is 5.11 Å². The summed E-state index contributed by atoms with van der Waals surface area (Å²) in [6.45, 7) is 8.97. The van der Waals surface area contributed by atoms with Crippen molar-refractivity contribution in [1.82, 2.24) is 0 Å². The van der Waals surface area contributed by atoms with Gasteiger partial charge in [0.1, 0.15) is 0 Å². The molecule has 0 aromatic rings. The standard InChI is InChI=1S/C15H22Br2O/c1-9-5-6-15(8-11(9)16)10(2)7-12(18)13(17)14(15,3)4/h7,12-13,18H,5-6,8H2,1-4H3/t12-,13?,15-/m0/s1. The van der Waals surface area contributed by atoms with E-state index in [1.165, 1.54) is 22.0 Å². The Morgan fingerprint density at radius 1 is 1.33 bits per heavy atom. The van der Waals surface area contributed by atoms with Crippen LogP contribution in [-0.2, 0) is 0 Å². The minimum absolute atomic E-state index is 0.0466. The van der Waals surface area contributed by atoms with Crippen molar-refractivity contribution in [2.24, 2.45) is 10.8 Å². The zero-order chi connectivity index (χ0) is 13.7. The van der Waals surface area contributed by atoms with Crippen LogP contribution in [0, 0.1) is 10.8 Å². The molecule has 0 radical (unpaired) electrons. The molecular weight excluding hydrogens is 356 g/mol. The predicted molar refractivity (Wildman–Crippen MR) is 84.2 cm³/mol. The van der Waals surface area contributed by atoms with Gasteiger partial charge in [-0.2, -0.15) is 0 Å². The van der Waals surface area contributed by atoms with Crippen molar-refractivity contribution in [1.29, 1.82) is 0 Å². The minimum atomic E-state index is -0.378. The lowest BCUT2D eigenvalue weighted by atomic mass is 9.52. The largest absolute Gasteiger partial charge is 0.388 e. The third-order valence-electron chi connectivity index (χ3n) is 5.25. The number of hydrogen-bond acceptors (Lipinski definition) is 1. The van der Waals surface area contributed by atoms with Crippen LogP contribution in [0.1, 0.15) is 47.0 Å². The van der Waals surface area contributed by atoms with Crippen molar-refractivity contribution < 1.29 is 5.11 Å². The number of halogens is 2. The van der Waals surface area contributed by atoms with Gasteiger partial charge in [0.05, 0.1) is 10.9 Å². The second-order valence-corrected chi connectivity index (χ2v) is 8.35. The molecule has 1 unspecified atom stereocenters. The number of allylic oxidation sites excluding steroid dienone is 3. The molecule has 1 N–H and O–H groups in total. The number of hydrogen-bond donors (Lipinski definition) is 1. The van der Waals surface area contributed by atoms with E-state index in [4.69, 9.17) is 0 Å². The van der Waals surface area contributed by atoms with Crippen LogP contribution in [-0.4, -0.2) is 16.0 Å². The van der Waals surface area contributed by atoms with E-state index >= 15 is 0 Å². The van der Waals surface area contributed by atoms with Gasteiger partial charge in [-0.15, -0.1) is 0 Å². The molecule has 0 saturated heterocycles. The molecule has 0 saturated carbocycles. The van der Waals surface area contributed by atoms with Gasteiger partial charge in [0.2, 0.25) is 0 Å². The maximum Gasteiger partial charge on any atom is 0.0854 e. The zero-order valence-corrected chi connectivity index (χ0v) is 14.7. The molecule has 0 aromatic heterocycles. The first-order chi connectivity index (χ1) is 8.22. The van der Waals surface area contributed by atoms with Crippen LogP contribution in [0.5, 0.6) is 0 Å². The van der Waals surface area contributed by atoms with Gasteiger partial charge in [-0.25, -0.2) is 0 Å². The van der Waals surface area contributed by atoms with Crippen LogP contribution in [0.25, 0.3) is 0 Å². The Morgan fingerprint density at radius 2 is 1.94 bits per heavy atom. The summed E-state index contributed by atoms with van der Waals surface area (Å²) in [6.07, 6.45) is 5.05. The lowest BCUT2D eigenvalue weighted by Crippen LogP contribution is -2.52. The minimum Gasteiger partial charge on any atom is -0.388 e. The molecule has 3 heteroatoms. The molecule has 18 heavy (non-hydrogen) atoms. The highest BCUT2D eigenvalue weighted by Crippen LogP contribution is 2.61. The zero-order valence-electron chi connectivity index (χ0n) is 11.6. The molecule has 0 bridgehead atoms. The van der Waals surface area contributed by atoms with E-state index in [1.54, 1.807) is 0 Å². The molecule has 0 heterocycles. The smallest absolute Gasteiger partial charge is 0.0854 e. The Labute approximate surface area is 127 Å². The number of alkyl halides is 1. The fraction of sp³-hybridized carbons (Fsp3) is 0.733. The first kappa shape index (κ1) is 14.8. The van der Waals surface area contributed by atoms with Gasteiger partial charge in [0.15, 0.2) is 0 Å². The van der Waals surface area contributed by atoms with E-state index in [1.807, 2.05) is 6.08 Å². The maximum atomic E-state index is 10.2. The average Bonchev–Trinajstić information content (AvgIpc) is 2.29. The van der Waals surface area contributed by atoms with Crippen molar-refractivity contribution in [3.05, 3.63) is 21.7 Å². The van der Waals surface area contributed by atoms with Gasteiger partial charge in [0, 0.05) is 5.41 Å². The van der Waals surface area contributed by atoms with Crippen LogP contribution < -0.4 is 0 Å². The Hall–Kier alpha value is 0.400. The van der Waals surface area contributed by atoms with Crippen molar-refractivity contribution in [3.8, 4) is 0 Å². The monoisotopic (exact) mass is 376 g/mol. The normalized spacial score (nSPS) is 40.1. The first-order valence-electron chi connectivity index (χ1n) is 6.57. The van der Waals surface area contributed by atoms with Gasteiger partial charge in [-0.3, -0.25) is 0 Å². The average molecular weight is 378 g/mol. The van der Waals surface area contributed by atoms with E-state index in [2.05, 4.69) is 59.6 Å². The Morgan fingerprint density at radius 3 is 2.50 bits per heavy atom. The van der Waals surface area contributed by atoms with Crippen LogP contribution >= 0.6 is 31.9 Å². The van der Waals surface area contributed by atoms with Gasteiger partial charge in [-0.05, 0) is 43.0 Å². The van der Waals surface area contributed by atoms with E-state index in [-0.39, 0.29) is 21.8 Å². The van der Waals surface area contributed by atoms with Gasteiger partial charge >= 0.3 is 0 Å². The third kappa shape index (κ3) is 1.97. The van der Waals surface area contributed by atoms with Crippen LogP contribution in [0.3, 0.4) is 0 Å². The number of aliphatic hydroxyl groups is 1. The Kier molecular flexibility index (Phi) is 3.90. The molecule has 3 atom stereocenters. The molecule has 2 aliphatic rings. The van der Waals surface area contributed by atoms with Crippen molar-refractivity contribution in [2.75, 3.05) is 0 Å². The van der Waals surface area contributed by atoms with Crippen LogP contribution in [0.15, 0.2) is 21.7 Å². The van der Waals surface area contributed by atoms with E-state index in [0.29, 0.717) is 0 Å². The Balaban J connectivity index is 2.52. The Bertz CT molecular complexity index is 422. The topological polar surface area (TPSA) is 20.2 Å². The molecule has 102 valence electrons. The van der Waals surface area contributed by atoms with E-state index in [0.717, 1.165) is 12.8 Å². The van der Waals surface area contributed by atoms with Gasteiger partial charge in [-0.1, -0.05) is 62.9 Å². The first-order valence-corrected chi connectivity index (χ1v) is 8.28. The lowest BCUT2D eigenvalue weighted by molar-refractivity contribution is 0.0350. The highest BCUT2D eigenvalue weighted by Gasteiger charge is 2.54.